The van der Waals surface area contributed by atoms with Crippen LogP contribution in [0.25, 0.3) is 11.3 Å². The predicted molar refractivity (Wildman–Crippen MR) is 123 cm³/mol. The van der Waals surface area contributed by atoms with Gasteiger partial charge in [0.25, 0.3) is 0 Å². The molecule has 0 saturated carbocycles. The van der Waals surface area contributed by atoms with Crippen LogP contribution >= 0.6 is 0 Å². The van der Waals surface area contributed by atoms with Crippen molar-refractivity contribution in [3.63, 3.8) is 0 Å². The standard InChI is InChI=1S/C24H27N7/c1-25-24(28-16-23-26-13-14-31(23)17-19-9-5-3-6-10-19)30(2)18-22-27-15-21(29-22)20-11-7-4-8-12-20/h3-15H,16-18H2,1-2H3,(H,25,28)(H,27,29). The monoisotopic (exact) mass is 413 g/mol. The smallest absolute Gasteiger partial charge is 0.194 e. The maximum atomic E-state index is 4.52. The normalized spacial score (nSPS) is 11.5. The number of aromatic nitrogens is 4. The van der Waals surface area contributed by atoms with Gasteiger partial charge in [-0.25, -0.2) is 9.97 Å². The fraction of sp³-hybridized carbons (Fsp3) is 0.208. The lowest BCUT2D eigenvalue weighted by Crippen LogP contribution is -2.38. The lowest BCUT2D eigenvalue weighted by Gasteiger charge is -2.21. The molecule has 4 rings (SSSR count). The number of guanidine groups is 1. The number of H-pyrrole nitrogens is 1. The van der Waals surface area contributed by atoms with Crippen molar-refractivity contribution in [2.45, 2.75) is 19.6 Å². The highest BCUT2D eigenvalue weighted by Crippen LogP contribution is 2.16. The number of hydrogen-bond acceptors (Lipinski definition) is 3. The third-order valence-corrected chi connectivity index (χ3v) is 5.08. The molecule has 0 atom stereocenters. The molecule has 7 heteroatoms. The molecule has 2 N–H and O–H groups in total. The van der Waals surface area contributed by atoms with Crippen LogP contribution in [0.4, 0.5) is 0 Å². The summed E-state index contributed by atoms with van der Waals surface area (Å²) in [5, 5.41) is 3.41. The minimum atomic E-state index is 0.588. The molecule has 0 aliphatic heterocycles. The molecule has 2 heterocycles. The first-order valence-corrected chi connectivity index (χ1v) is 10.3. The van der Waals surface area contributed by atoms with Crippen LogP contribution in [0.3, 0.4) is 0 Å². The van der Waals surface area contributed by atoms with Crippen molar-refractivity contribution < 1.29 is 0 Å². The summed E-state index contributed by atoms with van der Waals surface area (Å²) in [5.74, 6) is 2.63. The first kappa shape index (κ1) is 20.4. The highest BCUT2D eigenvalue weighted by molar-refractivity contribution is 5.79. The first-order chi connectivity index (χ1) is 15.2. The second-order valence-electron chi connectivity index (χ2n) is 7.32. The summed E-state index contributed by atoms with van der Waals surface area (Å²) in [6.07, 6.45) is 5.71. The Bertz CT molecular complexity index is 1110. The lowest BCUT2D eigenvalue weighted by atomic mass is 10.2. The average Bonchev–Trinajstić information content (AvgIpc) is 3.45. The van der Waals surface area contributed by atoms with Gasteiger partial charge >= 0.3 is 0 Å². The Kier molecular flexibility index (Phi) is 6.42. The maximum Gasteiger partial charge on any atom is 0.194 e. The number of nitrogens with zero attached hydrogens (tertiary/aromatic N) is 5. The highest BCUT2D eigenvalue weighted by atomic mass is 15.3. The van der Waals surface area contributed by atoms with Crippen molar-refractivity contribution in [1.82, 2.24) is 29.7 Å². The van der Waals surface area contributed by atoms with E-state index in [1.54, 1.807) is 7.05 Å². The van der Waals surface area contributed by atoms with Crippen molar-refractivity contribution in [1.29, 1.82) is 0 Å². The molecular formula is C24H27N7. The van der Waals surface area contributed by atoms with E-state index in [1.165, 1.54) is 5.56 Å². The molecule has 0 radical (unpaired) electrons. The van der Waals surface area contributed by atoms with Crippen molar-refractivity contribution >= 4 is 5.96 Å². The summed E-state index contributed by atoms with van der Waals surface area (Å²) in [7, 11) is 3.78. The molecule has 2 aromatic carbocycles. The third kappa shape index (κ3) is 5.19. The van der Waals surface area contributed by atoms with Gasteiger partial charge in [0.1, 0.15) is 11.6 Å². The molecule has 0 fully saturated rings. The van der Waals surface area contributed by atoms with Crippen LogP contribution in [0.1, 0.15) is 17.2 Å². The number of hydrogen-bond donors (Lipinski definition) is 2. The molecule has 0 saturated heterocycles. The van der Waals surface area contributed by atoms with Crippen LogP contribution in [0, 0.1) is 0 Å². The summed E-state index contributed by atoms with van der Waals surface area (Å²) in [6.45, 7) is 2.00. The molecule has 0 spiro atoms. The topological polar surface area (TPSA) is 74.1 Å². The van der Waals surface area contributed by atoms with Crippen LogP contribution in [-0.2, 0) is 19.6 Å². The largest absolute Gasteiger partial charge is 0.349 e. The van der Waals surface area contributed by atoms with Crippen LogP contribution in [0.15, 0.2) is 84.2 Å². The molecule has 0 aliphatic rings. The van der Waals surface area contributed by atoms with E-state index >= 15 is 0 Å². The zero-order chi connectivity index (χ0) is 21.5. The van der Waals surface area contributed by atoms with E-state index in [0.717, 1.165) is 35.4 Å². The maximum absolute atomic E-state index is 4.52. The van der Waals surface area contributed by atoms with Crippen molar-refractivity contribution in [2.75, 3.05) is 14.1 Å². The first-order valence-electron chi connectivity index (χ1n) is 10.3. The van der Waals surface area contributed by atoms with Gasteiger partial charge in [-0.2, -0.15) is 0 Å². The SMILES string of the molecule is CN=C(NCc1nccn1Cc1ccccc1)N(C)Cc1ncc(-c2ccccc2)[nH]1. The van der Waals surface area contributed by atoms with E-state index in [1.807, 2.05) is 54.8 Å². The molecule has 4 aromatic rings. The molecule has 0 unspecified atom stereocenters. The number of benzene rings is 2. The summed E-state index contributed by atoms with van der Waals surface area (Å²) in [4.78, 5) is 18.9. The molecule has 0 amide bonds. The van der Waals surface area contributed by atoms with Crippen LogP contribution in [0.2, 0.25) is 0 Å². The number of imidazole rings is 2. The quantitative estimate of drug-likeness (QED) is 0.359. The molecule has 7 nitrogen and oxygen atoms in total. The number of nitrogens with one attached hydrogen (secondary N) is 2. The number of rotatable bonds is 7. The molecular weight excluding hydrogens is 386 g/mol. The van der Waals surface area contributed by atoms with Gasteiger partial charge in [0.15, 0.2) is 5.96 Å². The molecule has 31 heavy (non-hydrogen) atoms. The van der Waals surface area contributed by atoms with Crippen molar-refractivity contribution in [3.05, 3.63) is 96.5 Å². The summed E-state index contributed by atoms with van der Waals surface area (Å²) >= 11 is 0. The molecule has 2 aromatic heterocycles. The molecule has 0 bridgehead atoms. The van der Waals surface area contributed by atoms with Gasteiger partial charge in [-0.1, -0.05) is 60.7 Å². The van der Waals surface area contributed by atoms with Gasteiger partial charge in [-0.05, 0) is 11.1 Å². The zero-order valence-electron chi connectivity index (χ0n) is 17.9. The van der Waals surface area contributed by atoms with Gasteiger partial charge in [-0.3, -0.25) is 4.99 Å². The Morgan fingerprint density at radius 2 is 1.81 bits per heavy atom. The van der Waals surface area contributed by atoms with Gasteiger partial charge in [0.05, 0.1) is 25.0 Å². The number of aromatic amines is 1. The average molecular weight is 414 g/mol. The summed E-state index contributed by atoms with van der Waals surface area (Å²) in [6, 6.07) is 20.6. The van der Waals surface area contributed by atoms with Gasteiger partial charge in [0, 0.05) is 33.0 Å². The van der Waals surface area contributed by atoms with E-state index in [2.05, 4.69) is 66.2 Å². The van der Waals surface area contributed by atoms with E-state index in [-0.39, 0.29) is 0 Å². The second-order valence-corrected chi connectivity index (χ2v) is 7.32. The van der Waals surface area contributed by atoms with Crippen molar-refractivity contribution in [2.24, 2.45) is 4.99 Å². The molecule has 0 aliphatic carbocycles. The van der Waals surface area contributed by atoms with Crippen LogP contribution < -0.4 is 5.32 Å². The van der Waals surface area contributed by atoms with Crippen molar-refractivity contribution in [3.8, 4) is 11.3 Å². The van der Waals surface area contributed by atoms with Gasteiger partial charge < -0.3 is 19.8 Å². The van der Waals surface area contributed by atoms with E-state index in [4.69, 9.17) is 0 Å². The predicted octanol–water partition coefficient (Wildman–Crippen LogP) is 3.53. The minimum absolute atomic E-state index is 0.588. The number of aliphatic imine (C=N–C) groups is 1. The van der Waals surface area contributed by atoms with Crippen LogP contribution in [-0.4, -0.2) is 44.5 Å². The van der Waals surface area contributed by atoms with Gasteiger partial charge in [0.2, 0.25) is 0 Å². The molecule has 158 valence electrons. The fourth-order valence-corrected chi connectivity index (χ4v) is 3.48. The van der Waals surface area contributed by atoms with E-state index in [9.17, 15) is 0 Å². The van der Waals surface area contributed by atoms with E-state index < -0.39 is 0 Å². The zero-order valence-corrected chi connectivity index (χ0v) is 17.9. The van der Waals surface area contributed by atoms with E-state index in [0.29, 0.717) is 13.1 Å². The Morgan fingerprint density at radius 1 is 1.06 bits per heavy atom. The minimum Gasteiger partial charge on any atom is -0.349 e. The van der Waals surface area contributed by atoms with Gasteiger partial charge in [-0.15, -0.1) is 0 Å². The third-order valence-electron chi connectivity index (χ3n) is 5.08. The Morgan fingerprint density at radius 3 is 2.55 bits per heavy atom. The Labute approximate surface area is 182 Å². The summed E-state index contributed by atoms with van der Waals surface area (Å²) in [5.41, 5.74) is 3.38. The Balaban J connectivity index is 1.36. The summed E-state index contributed by atoms with van der Waals surface area (Å²) < 4.78 is 2.15. The van der Waals surface area contributed by atoms with Crippen LogP contribution in [0.5, 0.6) is 0 Å². The lowest BCUT2D eigenvalue weighted by molar-refractivity contribution is 0.461. The second kappa shape index (κ2) is 9.75. The highest BCUT2D eigenvalue weighted by Gasteiger charge is 2.11. The fourth-order valence-electron chi connectivity index (χ4n) is 3.48. The Hall–Kier alpha value is -3.87.